The number of pyridine rings is 4. The van der Waals surface area contributed by atoms with Gasteiger partial charge < -0.3 is 0 Å². The van der Waals surface area contributed by atoms with E-state index in [-0.39, 0.29) is 0 Å². The summed E-state index contributed by atoms with van der Waals surface area (Å²) in [7, 11) is 0. The van der Waals surface area contributed by atoms with Crippen LogP contribution in [-0.2, 0) is 0 Å². The van der Waals surface area contributed by atoms with Crippen molar-refractivity contribution in [3.05, 3.63) is 158 Å². The summed E-state index contributed by atoms with van der Waals surface area (Å²) in [5.74, 6) is 0. The third-order valence-corrected chi connectivity index (χ3v) is 8.80. The minimum absolute atomic E-state index is 0.861. The maximum atomic E-state index is 5.32. The summed E-state index contributed by atoms with van der Waals surface area (Å²) in [6.45, 7) is 0. The van der Waals surface area contributed by atoms with Crippen LogP contribution in [0.4, 0.5) is 0 Å². The number of fused-ring (bicyclic) bond motifs is 5. The van der Waals surface area contributed by atoms with Crippen molar-refractivity contribution in [2.75, 3.05) is 0 Å². The van der Waals surface area contributed by atoms with Crippen LogP contribution in [0.5, 0.6) is 0 Å². The number of aromatic nitrogens is 4. The first-order valence-electron chi connectivity index (χ1n) is 15.4. The molecule has 9 aromatic rings. The molecular weight excluding hydrogens is 560 g/mol. The van der Waals surface area contributed by atoms with Crippen LogP contribution in [-0.4, -0.2) is 19.9 Å². The quantitative estimate of drug-likeness (QED) is 0.193. The summed E-state index contributed by atoms with van der Waals surface area (Å²) in [5.41, 5.74) is 9.90. The Morgan fingerprint density at radius 2 is 1.04 bits per heavy atom. The summed E-state index contributed by atoms with van der Waals surface area (Å²) in [6.07, 6.45) is 5.67. The molecule has 0 unspecified atom stereocenters. The van der Waals surface area contributed by atoms with E-state index >= 15 is 0 Å². The first-order chi connectivity index (χ1) is 22.8. The van der Waals surface area contributed by atoms with Gasteiger partial charge in [0.1, 0.15) is 0 Å². The molecule has 4 heteroatoms. The van der Waals surface area contributed by atoms with Gasteiger partial charge in [0.15, 0.2) is 0 Å². The first-order valence-corrected chi connectivity index (χ1v) is 15.4. The van der Waals surface area contributed by atoms with E-state index < -0.39 is 0 Å². The molecule has 0 aliphatic heterocycles. The highest BCUT2D eigenvalue weighted by molar-refractivity contribution is 6.12. The van der Waals surface area contributed by atoms with Crippen molar-refractivity contribution in [3.8, 4) is 44.9 Å². The Kier molecular flexibility index (Phi) is 6.10. The molecule has 0 spiro atoms. The molecule has 0 aliphatic rings. The van der Waals surface area contributed by atoms with Gasteiger partial charge in [-0.1, -0.05) is 103 Å². The van der Waals surface area contributed by atoms with E-state index in [1.165, 1.54) is 10.8 Å². The molecule has 4 aromatic heterocycles. The average molecular weight is 587 g/mol. The summed E-state index contributed by atoms with van der Waals surface area (Å²) in [5, 5.41) is 6.73. The lowest BCUT2D eigenvalue weighted by atomic mass is 9.95. The Hall–Kier alpha value is -6.26. The highest BCUT2D eigenvalue weighted by atomic mass is 14.8. The van der Waals surface area contributed by atoms with Gasteiger partial charge in [0.05, 0.1) is 28.1 Å². The van der Waals surface area contributed by atoms with E-state index in [9.17, 15) is 0 Å². The van der Waals surface area contributed by atoms with Gasteiger partial charge in [-0.15, -0.1) is 0 Å². The number of hydrogen-bond donors (Lipinski definition) is 0. The van der Waals surface area contributed by atoms with Crippen molar-refractivity contribution >= 4 is 43.4 Å². The van der Waals surface area contributed by atoms with Crippen LogP contribution in [0.25, 0.3) is 88.2 Å². The Balaban J connectivity index is 1.27. The number of benzene rings is 5. The van der Waals surface area contributed by atoms with Crippen molar-refractivity contribution in [3.63, 3.8) is 0 Å². The maximum Gasteiger partial charge on any atom is 0.0979 e. The smallest absolute Gasteiger partial charge is 0.0979 e. The predicted octanol–water partition coefficient (Wildman–Crippen LogP) is 10.5. The molecule has 0 atom stereocenters. The Morgan fingerprint density at radius 3 is 1.85 bits per heavy atom. The molecule has 0 aliphatic carbocycles. The SMILES string of the molecule is c1ccc(-c2ccc(-c3ccnc4c3ccc3c(-c5cc6ccccc6cn5)cc(-c5ccc6ccccc6c5)nc34)cc2)nc1. The summed E-state index contributed by atoms with van der Waals surface area (Å²) in [4.78, 5) is 19.7. The number of hydrogen-bond acceptors (Lipinski definition) is 4. The van der Waals surface area contributed by atoms with Gasteiger partial charge in [-0.25, -0.2) is 4.98 Å². The van der Waals surface area contributed by atoms with E-state index in [1.807, 2.05) is 42.9 Å². The van der Waals surface area contributed by atoms with Gasteiger partial charge >= 0.3 is 0 Å². The third kappa shape index (κ3) is 4.47. The highest BCUT2D eigenvalue weighted by Gasteiger charge is 2.16. The van der Waals surface area contributed by atoms with Crippen molar-refractivity contribution in [1.82, 2.24) is 19.9 Å². The molecule has 0 N–H and O–H groups in total. The molecule has 0 bridgehead atoms. The lowest BCUT2D eigenvalue weighted by Crippen LogP contribution is -1.95. The molecule has 46 heavy (non-hydrogen) atoms. The molecule has 4 nitrogen and oxygen atoms in total. The molecule has 0 saturated carbocycles. The van der Waals surface area contributed by atoms with Crippen LogP contribution in [0.2, 0.25) is 0 Å². The fourth-order valence-electron chi connectivity index (χ4n) is 6.45. The Labute approximate surface area is 265 Å². The average Bonchev–Trinajstić information content (AvgIpc) is 3.14. The van der Waals surface area contributed by atoms with E-state index in [1.54, 1.807) is 0 Å². The highest BCUT2D eigenvalue weighted by Crippen LogP contribution is 2.38. The topological polar surface area (TPSA) is 51.6 Å². The predicted molar refractivity (Wildman–Crippen MR) is 189 cm³/mol. The molecule has 214 valence electrons. The summed E-state index contributed by atoms with van der Waals surface area (Å²) >= 11 is 0. The van der Waals surface area contributed by atoms with Gasteiger partial charge in [-0.2, -0.15) is 0 Å². The molecule has 0 saturated heterocycles. The standard InChI is InChI=1S/C42H26N4/c1-2-8-30-23-32(17-12-27(30)7-1)39-25-37(40-24-31-9-3-4-10-33(31)26-45-40)36-19-18-35-34(20-22-44-41(35)42(36)46-39)28-13-15-29(16-14-28)38-11-5-6-21-43-38/h1-26H. The Bertz CT molecular complexity index is 2570. The van der Waals surface area contributed by atoms with Crippen LogP contribution in [0.3, 0.4) is 0 Å². The third-order valence-electron chi connectivity index (χ3n) is 8.80. The van der Waals surface area contributed by atoms with Crippen LogP contribution >= 0.6 is 0 Å². The lowest BCUT2D eigenvalue weighted by Gasteiger charge is -2.14. The molecule has 5 aromatic carbocycles. The zero-order valence-corrected chi connectivity index (χ0v) is 24.8. The van der Waals surface area contributed by atoms with Crippen molar-refractivity contribution < 1.29 is 0 Å². The maximum absolute atomic E-state index is 5.32. The monoisotopic (exact) mass is 586 g/mol. The second-order valence-corrected chi connectivity index (χ2v) is 11.5. The lowest BCUT2D eigenvalue weighted by molar-refractivity contribution is 1.33. The normalized spacial score (nSPS) is 11.5. The second-order valence-electron chi connectivity index (χ2n) is 11.5. The van der Waals surface area contributed by atoms with Gasteiger partial charge in [0, 0.05) is 51.4 Å². The van der Waals surface area contributed by atoms with Crippen molar-refractivity contribution in [1.29, 1.82) is 0 Å². The van der Waals surface area contributed by atoms with Gasteiger partial charge in [-0.05, 0) is 63.7 Å². The zero-order valence-electron chi connectivity index (χ0n) is 24.8. The minimum atomic E-state index is 0.861. The van der Waals surface area contributed by atoms with Crippen LogP contribution in [0.15, 0.2) is 158 Å². The molecule has 0 fully saturated rings. The van der Waals surface area contributed by atoms with E-state index in [2.05, 4.69) is 120 Å². The molecule has 4 heterocycles. The fraction of sp³-hybridized carbons (Fsp3) is 0. The molecular formula is C42H26N4. The van der Waals surface area contributed by atoms with Crippen LogP contribution in [0, 0.1) is 0 Å². The number of rotatable bonds is 4. The minimum Gasteiger partial charge on any atom is -0.256 e. The largest absolute Gasteiger partial charge is 0.256 e. The summed E-state index contributed by atoms with van der Waals surface area (Å²) < 4.78 is 0. The number of nitrogens with zero attached hydrogens (tertiary/aromatic N) is 4. The van der Waals surface area contributed by atoms with E-state index in [4.69, 9.17) is 15.0 Å². The van der Waals surface area contributed by atoms with E-state index in [0.29, 0.717) is 0 Å². The van der Waals surface area contributed by atoms with Gasteiger partial charge in [-0.3, -0.25) is 15.0 Å². The first kappa shape index (κ1) is 26.2. The van der Waals surface area contributed by atoms with E-state index in [0.717, 1.165) is 77.5 Å². The van der Waals surface area contributed by atoms with Crippen LogP contribution < -0.4 is 0 Å². The van der Waals surface area contributed by atoms with Crippen LogP contribution in [0.1, 0.15) is 0 Å². The van der Waals surface area contributed by atoms with Gasteiger partial charge in [0.25, 0.3) is 0 Å². The van der Waals surface area contributed by atoms with Gasteiger partial charge in [0.2, 0.25) is 0 Å². The second kappa shape index (κ2) is 10.7. The molecule has 9 rings (SSSR count). The molecule has 0 radical (unpaired) electrons. The Morgan fingerprint density at radius 1 is 0.348 bits per heavy atom. The van der Waals surface area contributed by atoms with Crippen molar-refractivity contribution in [2.24, 2.45) is 0 Å². The molecule has 0 amide bonds. The fourth-order valence-corrected chi connectivity index (χ4v) is 6.45. The van der Waals surface area contributed by atoms with Crippen molar-refractivity contribution in [2.45, 2.75) is 0 Å². The zero-order chi connectivity index (χ0) is 30.5. The summed E-state index contributed by atoms with van der Waals surface area (Å²) in [6, 6.07) is 48.7.